The third-order valence-electron chi connectivity index (χ3n) is 5.80. The number of phenols is 1. The number of aryl methyl sites for hydroxylation is 3. The van der Waals surface area contributed by atoms with Gasteiger partial charge in [-0.15, -0.1) is 0 Å². The average molecular weight is 443 g/mol. The fourth-order valence-corrected chi connectivity index (χ4v) is 4.21. The number of aliphatic hydroxyl groups excluding tert-OH is 1. The molecule has 3 aromatic rings. The molecule has 6 heteroatoms. The van der Waals surface area contributed by atoms with E-state index in [4.69, 9.17) is 4.74 Å². The molecule has 1 heterocycles. The van der Waals surface area contributed by atoms with E-state index in [0.29, 0.717) is 16.9 Å². The number of anilines is 1. The van der Waals surface area contributed by atoms with Gasteiger partial charge in [-0.05, 0) is 56.2 Å². The van der Waals surface area contributed by atoms with Crippen molar-refractivity contribution in [1.82, 2.24) is 0 Å². The number of ketones is 1. The highest BCUT2D eigenvalue weighted by molar-refractivity contribution is 6.52. The minimum Gasteiger partial charge on any atom is -0.507 e. The minimum absolute atomic E-state index is 0.0598. The molecule has 1 atom stereocenters. The molecular formula is C27H25NO5. The number of ether oxygens (including phenoxy) is 1. The first-order chi connectivity index (χ1) is 15.7. The maximum absolute atomic E-state index is 13.3. The highest BCUT2D eigenvalue weighted by atomic mass is 16.5. The maximum atomic E-state index is 13.3. The summed E-state index contributed by atoms with van der Waals surface area (Å²) in [5, 5.41) is 21.9. The number of hydrogen-bond donors (Lipinski definition) is 2. The van der Waals surface area contributed by atoms with Crippen LogP contribution in [0, 0.1) is 20.8 Å². The predicted molar refractivity (Wildman–Crippen MR) is 127 cm³/mol. The van der Waals surface area contributed by atoms with Crippen molar-refractivity contribution in [2.24, 2.45) is 0 Å². The van der Waals surface area contributed by atoms with Crippen LogP contribution in [0.1, 0.15) is 33.9 Å². The van der Waals surface area contributed by atoms with Crippen LogP contribution in [0.15, 0.2) is 66.2 Å². The van der Waals surface area contributed by atoms with Crippen molar-refractivity contribution in [2.75, 3.05) is 12.0 Å². The molecule has 0 saturated carbocycles. The van der Waals surface area contributed by atoms with Crippen molar-refractivity contribution in [3.63, 3.8) is 0 Å². The number of phenolic OH excluding ortho intramolecular Hbond substituents is 1. The van der Waals surface area contributed by atoms with Crippen LogP contribution in [0.3, 0.4) is 0 Å². The van der Waals surface area contributed by atoms with Gasteiger partial charge in [0.2, 0.25) is 0 Å². The van der Waals surface area contributed by atoms with Crippen LogP contribution in [0.2, 0.25) is 0 Å². The minimum atomic E-state index is -0.928. The molecule has 4 rings (SSSR count). The Balaban J connectivity index is 2.03. The number of methoxy groups -OCH3 is 1. The smallest absolute Gasteiger partial charge is 0.300 e. The fourth-order valence-electron chi connectivity index (χ4n) is 4.21. The van der Waals surface area contributed by atoms with Gasteiger partial charge >= 0.3 is 0 Å². The van der Waals surface area contributed by atoms with E-state index < -0.39 is 17.7 Å². The number of rotatable bonds is 4. The highest BCUT2D eigenvalue weighted by Gasteiger charge is 2.48. The summed E-state index contributed by atoms with van der Waals surface area (Å²) in [6.45, 7) is 5.60. The van der Waals surface area contributed by atoms with Gasteiger partial charge in [0.25, 0.3) is 11.7 Å². The average Bonchev–Trinajstić information content (AvgIpc) is 3.05. The van der Waals surface area contributed by atoms with Crippen molar-refractivity contribution in [3.8, 4) is 11.5 Å². The van der Waals surface area contributed by atoms with Gasteiger partial charge in [-0.3, -0.25) is 14.5 Å². The summed E-state index contributed by atoms with van der Waals surface area (Å²) in [4.78, 5) is 27.9. The van der Waals surface area contributed by atoms with Crippen molar-refractivity contribution >= 4 is 23.1 Å². The number of carbonyl (C=O) groups is 2. The Kier molecular flexibility index (Phi) is 5.68. The summed E-state index contributed by atoms with van der Waals surface area (Å²) in [7, 11) is 1.48. The third-order valence-corrected chi connectivity index (χ3v) is 5.80. The largest absolute Gasteiger partial charge is 0.507 e. The molecule has 1 aliphatic heterocycles. The first kappa shape index (κ1) is 22.1. The lowest BCUT2D eigenvalue weighted by atomic mass is 9.93. The van der Waals surface area contributed by atoms with Gasteiger partial charge < -0.3 is 14.9 Å². The maximum Gasteiger partial charge on any atom is 0.300 e. The topological polar surface area (TPSA) is 87.1 Å². The monoisotopic (exact) mass is 443 g/mol. The van der Waals surface area contributed by atoms with Gasteiger partial charge in [-0.25, -0.2) is 0 Å². The van der Waals surface area contributed by atoms with Gasteiger partial charge in [0.05, 0.1) is 30.0 Å². The Labute approximate surface area is 192 Å². The molecule has 1 unspecified atom stereocenters. The van der Waals surface area contributed by atoms with Crippen molar-refractivity contribution < 1.29 is 24.5 Å². The van der Waals surface area contributed by atoms with Gasteiger partial charge in [-0.1, -0.05) is 47.5 Å². The molecule has 1 amide bonds. The molecule has 6 nitrogen and oxygen atoms in total. The summed E-state index contributed by atoms with van der Waals surface area (Å²) in [6, 6.07) is 16.6. The van der Waals surface area contributed by atoms with Crippen LogP contribution in [-0.2, 0) is 9.59 Å². The summed E-state index contributed by atoms with van der Waals surface area (Å²) in [5.41, 5.74) is 3.71. The Morgan fingerprint density at radius 3 is 2.27 bits per heavy atom. The molecule has 2 N–H and O–H groups in total. The van der Waals surface area contributed by atoms with Crippen molar-refractivity contribution in [1.29, 1.82) is 0 Å². The molecule has 0 spiro atoms. The molecule has 33 heavy (non-hydrogen) atoms. The summed E-state index contributed by atoms with van der Waals surface area (Å²) < 4.78 is 5.41. The van der Waals surface area contributed by atoms with Gasteiger partial charge in [0.15, 0.2) is 0 Å². The molecule has 0 aliphatic carbocycles. The first-order valence-electron chi connectivity index (χ1n) is 10.5. The van der Waals surface area contributed by atoms with E-state index in [1.165, 1.54) is 18.1 Å². The third kappa shape index (κ3) is 3.84. The fraction of sp³-hybridized carbons (Fsp3) is 0.185. The van der Waals surface area contributed by atoms with Gasteiger partial charge in [-0.2, -0.15) is 0 Å². The number of nitrogens with zero attached hydrogens (tertiary/aromatic N) is 1. The Morgan fingerprint density at radius 1 is 0.909 bits per heavy atom. The lowest BCUT2D eigenvalue weighted by Gasteiger charge is -2.26. The van der Waals surface area contributed by atoms with E-state index in [2.05, 4.69) is 0 Å². The Morgan fingerprint density at radius 2 is 1.58 bits per heavy atom. The van der Waals surface area contributed by atoms with Crippen LogP contribution >= 0.6 is 0 Å². The molecule has 1 fully saturated rings. The zero-order valence-corrected chi connectivity index (χ0v) is 18.9. The second-order valence-corrected chi connectivity index (χ2v) is 8.28. The normalized spacial score (nSPS) is 17.5. The van der Waals surface area contributed by atoms with Gasteiger partial charge in [0.1, 0.15) is 17.3 Å². The number of benzene rings is 3. The second kappa shape index (κ2) is 8.47. The van der Waals surface area contributed by atoms with Crippen LogP contribution in [0.25, 0.3) is 5.76 Å². The zero-order valence-electron chi connectivity index (χ0n) is 18.9. The second-order valence-electron chi connectivity index (χ2n) is 8.28. The van der Waals surface area contributed by atoms with Crippen LogP contribution in [-0.4, -0.2) is 29.0 Å². The molecule has 0 bridgehead atoms. The standard InChI is InChI=1S/C27H25NO5/c1-15-6-5-7-18(12-15)24-23(25(30)19-13-16(2)9-11-22(19)33-4)26(31)27(32)28(24)20-14-17(3)8-10-21(20)29/h5-14,24,29-30H,1-4H3/b25-23+. The van der Waals surface area contributed by atoms with Crippen LogP contribution < -0.4 is 9.64 Å². The summed E-state index contributed by atoms with van der Waals surface area (Å²) >= 11 is 0. The molecule has 1 saturated heterocycles. The first-order valence-corrected chi connectivity index (χ1v) is 10.5. The number of hydrogen-bond acceptors (Lipinski definition) is 5. The van der Waals surface area contributed by atoms with E-state index in [1.807, 2.05) is 45.0 Å². The highest BCUT2D eigenvalue weighted by Crippen LogP contribution is 2.45. The predicted octanol–water partition coefficient (Wildman–Crippen LogP) is 4.95. The molecule has 168 valence electrons. The number of carbonyl (C=O) groups excluding carboxylic acids is 2. The Hall–Kier alpha value is -4.06. The molecule has 0 aromatic heterocycles. The summed E-state index contributed by atoms with van der Waals surface area (Å²) in [5.74, 6) is -1.73. The van der Waals surface area contributed by atoms with E-state index in [0.717, 1.165) is 16.7 Å². The van der Waals surface area contributed by atoms with E-state index >= 15 is 0 Å². The van der Waals surface area contributed by atoms with Crippen molar-refractivity contribution in [2.45, 2.75) is 26.8 Å². The van der Waals surface area contributed by atoms with E-state index in [9.17, 15) is 19.8 Å². The van der Waals surface area contributed by atoms with Crippen LogP contribution in [0.4, 0.5) is 5.69 Å². The molecule has 1 aliphatic rings. The van der Waals surface area contributed by atoms with E-state index in [1.54, 1.807) is 30.3 Å². The quantitative estimate of drug-likeness (QED) is 0.338. The Bertz CT molecular complexity index is 1310. The van der Waals surface area contributed by atoms with E-state index in [-0.39, 0.29) is 22.8 Å². The molecular weight excluding hydrogens is 418 g/mol. The number of amides is 1. The van der Waals surface area contributed by atoms with Crippen molar-refractivity contribution in [3.05, 3.63) is 94.1 Å². The lowest BCUT2D eigenvalue weighted by Crippen LogP contribution is -2.29. The number of aliphatic hydroxyl groups is 1. The number of aromatic hydroxyl groups is 1. The number of Topliss-reactive ketones (excluding diaryl/α,β-unsaturated/α-hetero) is 1. The molecule has 0 radical (unpaired) electrons. The molecule has 3 aromatic carbocycles. The van der Waals surface area contributed by atoms with Gasteiger partial charge in [0, 0.05) is 0 Å². The lowest BCUT2D eigenvalue weighted by molar-refractivity contribution is -0.132. The SMILES string of the molecule is COc1ccc(C)cc1/C(O)=C1\C(=O)C(=O)N(c2cc(C)ccc2O)C1c1cccc(C)c1. The zero-order chi connectivity index (χ0) is 23.9. The summed E-state index contributed by atoms with van der Waals surface area (Å²) in [6.07, 6.45) is 0. The van der Waals surface area contributed by atoms with Crippen LogP contribution in [0.5, 0.6) is 11.5 Å².